The molecule has 0 bridgehead atoms. The summed E-state index contributed by atoms with van der Waals surface area (Å²) in [6.45, 7) is 9.83. The van der Waals surface area contributed by atoms with Gasteiger partial charge in [-0.15, -0.1) is 0 Å². The number of nitrogens with two attached hydrogens (primary N) is 1. The van der Waals surface area contributed by atoms with Gasteiger partial charge in [0.25, 0.3) is 0 Å². The van der Waals surface area contributed by atoms with Gasteiger partial charge < -0.3 is 15.5 Å². The zero-order chi connectivity index (χ0) is 12.8. The summed E-state index contributed by atoms with van der Waals surface area (Å²) in [7, 11) is 3.59. The Balaban J connectivity index is 4.07. The molecule has 0 saturated carbocycles. The van der Waals surface area contributed by atoms with Crippen LogP contribution in [0.5, 0.6) is 0 Å². The Labute approximate surface area is 99.8 Å². The first kappa shape index (κ1) is 15.4. The van der Waals surface area contributed by atoms with E-state index >= 15 is 0 Å². The van der Waals surface area contributed by atoms with E-state index in [1.54, 1.807) is 19.0 Å². The monoisotopic (exact) mass is 229 g/mol. The zero-order valence-electron chi connectivity index (χ0n) is 11.4. The average Bonchev–Trinajstić information content (AvgIpc) is 2.23. The van der Waals surface area contributed by atoms with Crippen LogP contribution in [0.1, 0.15) is 27.2 Å². The minimum absolute atomic E-state index is 0.122. The molecule has 0 atom stereocenters. The van der Waals surface area contributed by atoms with Crippen molar-refractivity contribution in [2.75, 3.05) is 40.3 Å². The Morgan fingerprint density at radius 3 is 2.25 bits per heavy atom. The van der Waals surface area contributed by atoms with Gasteiger partial charge in [-0.3, -0.25) is 4.79 Å². The number of carbonyl (C=O) groups excluding carboxylic acids is 1. The van der Waals surface area contributed by atoms with Crippen molar-refractivity contribution in [3.05, 3.63) is 0 Å². The van der Waals surface area contributed by atoms with Gasteiger partial charge in [0.05, 0.1) is 0 Å². The van der Waals surface area contributed by atoms with E-state index in [2.05, 4.69) is 25.7 Å². The van der Waals surface area contributed by atoms with Gasteiger partial charge in [-0.05, 0) is 18.5 Å². The molecule has 96 valence electrons. The maximum Gasteiger partial charge on any atom is 0.223 e. The van der Waals surface area contributed by atoms with Crippen molar-refractivity contribution in [1.29, 1.82) is 0 Å². The van der Waals surface area contributed by atoms with Crippen LogP contribution in [0, 0.1) is 5.41 Å². The Bertz CT molecular complexity index is 214. The molecule has 0 aromatic carbocycles. The molecular weight excluding hydrogens is 202 g/mol. The Kier molecular flexibility index (Phi) is 6.60. The molecule has 0 fully saturated rings. The summed E-state index contributed by atoms with van der Waals surface area (Å²) in [5.74, 6) is 0.184. The van der Waals surface area contributed by atoms with Crippen molar-refractivity contribution < 1.29 is 4.79 Å². The molecular formula is C12H27N3O. The van der Waals surface area contributed by atoms with Crippen molar-refractivity contribution >= 4 is 5.91 Å². The van der Waals surface area contributed by atoms with Gasteiger partial charge >= 0.3 is 0 Å². The third kappa shape index (κ3) is 6.08. The molecule has 0 aliphatic heterocycles. The molecule has 2 N–H and O–H groups in total. The SMILES string of the molecule is CCN(CCC(=O)N(C)C)CC(C)(C)CN. The van der Waals surface area contributed by atoms with Gasteiger partial charge in [0.1, 0.15) is 0 Å². The molecule has 0 aliphatic rings. The minimum atomic E-state index is 0.122. The number of amides is 1. The summed E-state index contributed by atoms with van der Waals surface area (Å²) in [5.41, 5.74) is 5.83. The molecule has 0 rings (SSSR count). The van der Waals surface area contributed by atoms with Crippen molar-refractivity contribution in [2.45, 2.75) is 27.2 Å². The quantitative estimate of drug-likeness (QED) is 0.701. The molecule has 0 unspecified atom stereocenters. The Morgan fingerprint density at radius 1 is 1.31 bits per heavy atom. The molecule has 0 aliphatic carbocycles. The fourth-order valence-corrected chi connectivity index (χ4v) is 1.50. The number of hydrogen-bond donors (Lipinski definition) is 1. The van der Waals surface area contributed by atoms with E-state index in [1.165, 1.54) is 0 Å². The van der Waals surface area contributed by atoms with Gasteiger partial charge in [0.15, 0.2) is 0 Å². The van der Waals surface area contributed by atoms with Gasteiger partial charge in [0.2, 0.25) is 5.91 Å². The molecule has 0 heterocycles. The van der Waals surface area contributed by atoms with Crippen molar-refractivity contribution in [2.24, 2.45) is 11.1 Å². The molecule has 4 heteroatoms. The second kappa shape index (κ2) is 6.86. The first-order chi connectivity index (χ1) is 7.32. The predicted octanol–water partition coefficient (Wildman–Crippen LogP) is 0.772. The molecule has 4 nitrogen and oxygen atoms in total. The predicted molar refractivity (Wildman–Crippen MR) is 68.3 cm³/mol. The summed E-state index contributed by atoms with van der Waals surface area (Å²) in [6, 6.07) is 0. The van der Waals surface area contributed by atoms with Crippen LogP contribution in [0.3, 0.4) is 0 Å². The number of hydrogen-bond acceptors (Lipinski definition) is 3. The summed E-state index contributed by atoms with van der Waals surface area (Å²) < 4.78 is 0. The standard InChI is InChI=1S/C12H27N3O/c1-6-15(10-12(2,3)9-13)8-7-11(16)14(4)5/h6-10,13H2,1-5H3. The van der Waals surface area contributed by atoms with Crippen molar-refractivity contribution in [1.82, 2.24) is 9.80 Å². The lowest BCUT2D eigenvalue weighted by molar-refractivity contribution is -0.129. The highest BCUT2D eigenvalue weighted by Gasteiger charge is 2.19. The van der Waals surface area contributed by atoms with E-state index in [0.29, 0.717) is 13.0 Å². The molecule has 0 spiro atoms. The lowest BCUT2D eigenvalue weighted by Crippen LogP contribution is -2.40. The van der Waals surface area contributed by atoms with Gasteiger partial charge in [-0.1, -0.05) is 20.8 Å². The fourth-order valence-electron chi connectivity index (χ4n) is 1.50. The number of nitrogens with zero attached hydrogens (tertiary/aromatic N) is 2. The van der Waals surface area contributed by atoms with E-state index in [1.807, 2.05) is 0 Å². The van der Waals surface area contributed by atoms with E-state index in [0.717, 1.165) is 19.6 Å². The van der Waals surface area contributed by atoms with Crippen LogP contribution in [0.15, 0.2) is 0 Å². The van der Waals surface area contributed by atoms with E-state index in [9.17, 15) is 4.79 Å². The first-order valence-electron chi connectivity index (χ1n) is 5.95. The van der Waals surface area contributed by atoms with Crippen molar-refractivity contribution in [3.8, 4) is 0 Å². The third-order valence-electron chi connectivity index (χ3n) is 2.79. The van der Waals surface area contributed by atoms with Gasteiger partial charge in [-0.2, -0.15) is 0 Å². The lowest BCUT2D eigenvalue weighted by Gasteiger charge is -2.31. The van der Waals surface area contributed by atoms with Crippen LogP contribution >= 0.6 is 0 Å². The fraction of sp³-hybridized carbons (Fsp3) is 0.917. The summed E-state index contributed by atoms with van der Waals surface area (Å²) in [6.07, 6.45) is 0.585. The van der Waals surface area contributed by atoms with E-state index < -0.39 is 0 Å². The number of carbonyl (C=O) groups is 1. The zero-order valence-corrected chi connectivity index (χ0v) is 11.4. The summed E-state index contributed by atoms with van der Waals surface area (Å²) >= 11 is 0. The summed E-state index contributed by atoms with van der Waals surface area (Å²) in [4.78, 5) is 15.4. The lowest BCUT2D eigenvalue weighted by atomic mass is 9.93. The van der Waals surface area contributed by atoms with E-state index in [4.69, 9.17) is 5.73 Å². The van der Waals surface area contributed by atoms with Gasteiger partial charge in [0, 0.05) is 33.6 Å². The Hall–Kier alpha value is -0.610. The largest absolute Gasteiger partial charge is 0.349 e. The molecule has 0 aromatic rings. The molecule has 0 aromatic heterocycles. The van der Waals surface area contributed by atoms with Crippen LogP contribution in [-0.4, -0.2) is 56.0 Å². The van der Waals surface area contributed by atoms with Crippen molar-refractivity contribution in [3.63, 3.8) is 0 Å². The topological polar surface area (TPSA) is 49.6 Å². The molecule has 1 amide bonds. The second-order valence-electron chi connectivity index (χ2n) is 5.28. The van der Waals surface area contributed by atoms with E-state index in [-0.39, 0.29) is 11.3 Å². The molecule has 16 heavy (non-hydrogen) atoms. The highest BCUT2D eigenvalue weighted by molar-refractivity contribution is 5.75. The Morgan fingerprint density at radius 2 is 1.88 bits per heavy atom. The molecule has 0 radical (unpaired) electrons. The number of rotatable bonds is 7. The van der Waals surface area contributed by atoms with Crippen LogP contribution in [0.4, 0.5) is 0 Å². The third-order valence-corrected chi connectivity index (χ3v) is 2.79. The highest BCUT2D eigenvalue weighted by Crippen LogP contribution is 2.14. The average molecular weight is 229 g/mol. The van der Waals surface area contributed by atoms with Crippen LogP contribution < -0.4 is 5.73 Å². The smallest absolute Gasteiger partial charge is 0.223 e. The van der Waals surface area contributed by atoms with Gasteiger partial charge in [-0.25, -0.2) is 0 Å². The first-order valence-corrected chi connectivity index (χ1v) is 5.95. The maximum atomic E-state index is 11.5. The van der Waals surface area contributed by atoms with Crippen LogP contribution in [-0.2, 0) is 4.79 Å². The van der Waals surface area contributed by atoms with Crippen LogP contribution in [0.25, 0.3) is 0 Å². The highest BCUT2D eigenvalue weighted by atomic mass is 16.2. The normalized spacial score (nSPS) is 11.9. The molecule has 0 saturated heterocycles. The van der Waals surface area contributed by atoms with Crippen LogP contribution in [0.2, 0.25) is 0 Å². The minimum Gasteiger partial charge on any atom is -0.349 e. The summed E-state index contributed by atoms with van der Waals surface area (Å²) in [5, 5.41) is 0. The second-order valence-corrected chi connectivity index (χ2v) is 5.28. The maximum absolute atomic E-state index is 11.5.